The number of nitrogens with two attached hydrogens (primary N) is 1. The van der Waals surface area contributed by atoms with Crippen LogP contribution >= 0.6 is 0 Å². The lowest BCUT2D eigenvalue weighted by molar-refractivity contribution is -0.135. The van der Waals surface area contributed by atoms with Crippen molar-refractivity contribution in [2.24, 2.45) is 11.7 Å². The molecule has 58 heavy (non-hydrogen) atoms. The summed E-state index contributed by atoms with van der Waals surface area (Å²) in [5.41, 5.74) is 8.44. The third-order valence-corrected chi connectivity index (χ3v) is 9.92. The van der Waals surface area contributed by atoms with E-state index in [9.17, 15) is 33.6 Å². The van der Waals surface area contributed by atoms with Gasteiger partial charge in [-0.3, -0.25) is 33.6 Å². The molecule has 15 heteroatoms. The Balaban J connectivity index is 1.36. The fourth-order valence-electron chi connectivity index (χ4n) is 6.78. The Morgan fingerprint density at radius 1 is 0.793 bits per heavy atom. The first-order valence-electron chi connectivity index (χ1n) is 19.5. The van der Waals surface area contributed by atoms with E-state index in [1.807, 2.05) is 6.07 Å². The highest BCUT2D eigenvalue weighted by molar-refractivity contribution is 6.09. The van der Waals surface area contributed by atoms with Crippen LogP contribution in [-0.2, 0) is 52.9 Å². The number of nitrogens with zero attached hydrogens (tertiary/aromatic N) is 1. The SMILES string of the molecule is NCCOCCNC(=O)[C@@H]1CCNC(=O)/C=C/C(=O)N2CCC[C@H](C2)C(=O)N[C@@H](Cc2ccc(C(=O)c3ccccc3)cc2)C(=O)NCc2ccccc2CC(=O)N1. The Morgan fingerprint density at radius 2 is 1.52 bits per heavy atom. The van der Waals surface area contributed by atoms with Gasteiger partial charge in [-0.15, -0.1) is 0 Å². The average Bonchev–Trinajstić information content (AvgIpc) is 3.24. The van der Waals surface area contributed by atoms with Crippen molar-refractivity contribution in [3.8, 4) is 0 Å². The molecule has 0 saturated carbocycles. The zero-order valence-electron chi connectivity index (χ0n) is 32.4. The fraction of sp³-hybridized carbons (Fsp3) is 0.372. The first-order valence-corrected chi connectivity index (χ1v) is 19.5. The molecule has 6 amide bonds. The number of ether oxygens (including phenoxy) is 1. The number of carbonyl (C=O) groups excluding carboxylic acids is 7. The Hall–Kier alpha value is -6.19. The molecular formula is C43H51N7O8. The zero-order chi connectivity index (χ0) is 41.3. The Morgan fingerprint density at radius 3 is 2.28 bits per heavy atom. The highest BCUT2D eigenvalue weighted by Gasteiger charge is 2.31. The number of rotatable bonds is 10. The van der Waals surface area contributed by atoms with E-state index >= 15 is 0 Å². The van der Waals surface area contributed by atoms with Gasteiger partial charge in [0.1, 0.15) is 12.1 Å². The van der Waals surface area contributed by atoms with Crippen LogP contribution in [0.4, 0.5) is 0 Å². The molecule has 7 N–H and O–H groups in total. The van der Waals surface area contributed by atoms with Crippen molar-refractivity contribution >= 4 is 41.2 Å². The van der Waals surface area contributed by atoms with Crippen LogP contribution in [0.2, 0.25) is 0 Å². The van der Waals surface area contributed by atoms with Crippen LogP contribution in [0.25, 0.3) is 0 Å². The van der Waals surface area contributed by atoms with Gasteiger partial charge in [0, 0.05) is 69.0 Å². The minimum atomic E-state index is -1.02. The summed E-state index contributed by atoms with van der Waals surface area (Å²) in [7, 11) is 0. The summed E-state index contributed by atoms with van der Waals surface area (Å²) in [6, 6.07) is 20.8. The van der Waals surface area contributed by atoms with E-state index in [2.05, 4.69) is 26.6 Å². The van der Waals surface area contributed by atoms with Gasteiger partial charge in [-0.2, -0.15) is 0 Å². The maximum absolute atomic E-state index is 13.9. The van der Waals surface area contributed by atoms with Gasteiger partial charge in [0.25, 0.3) is 0 Å². The molecule has 1 fully saturated rings. The Labute approximate surface area is 337 Å². The van der Waals surface area contributed by atoms with Crippen LogP contribution in [-0.4, -0.2) is 104 Å². The lowest BCUT2D eigenvalue weighted by Gasteiger charge is -2.32. The minimum absolute atomic E-state index is 0.0190. The normalized spacial score (nSPS) is 20.5. The van der Waals surface area contributed by atoms with Crippen LogP contribution in [0, 0.1) is 5.92 Å². The first kappa shape index (κ1) is 42.9. The molecule has 2 aliphatic rings. The molecule has 2 aliphatic heterocycles. The van der Waals surface area contributed by atoms with Gasteiger partial charge in [-0.1, -0.05) is 78.9 Å². The number of benzene rings is 3. The number of piperidine rings is 1. The van der Waals surface area contributed by atoms with Crippen molar-refractivity contribution in [3.63, 3.8) is 0 Å². The average molecular weight is 794 g/mol. The van der Waals surface area contributed by atoms with Gasteiger partial charge >= 0.3 is 0 Å². The third kappa shape index (κ3) is 12.9. The molecule has 15 nitrogen and oxygen atoms in total. The van der Waals surface area contributed by atoms with E-state index in [4.69, 9.17) is 10.5 Å². The largest absolute Gasteiger partial charge is 0.378 e. The fourth-order valence-corrected chi connectivity index (χ4v) is 6.78. The van der Waals surface area contributed by atoms with Crippen molar-refractivity contribution in [3.05, 3.63) is 119 Å². The molecule has 0 radical (unpaired) electrons. The van der Waals surface area contributed by atoms with Gasteiger partial charge in [0.2, 0.25) is 35.4 Å². The second-order valence-electron chi connectivity index (χ2n) is 14.2. The van der Waals surface area contributed by atoms with Crippen LogP contribution in [0.1, 0.15) is 51.9 Å². The molecule has 0 spiro atoms. The number of fused-ring (bicyclic) bond motifs is 3. The van der Waals surface area contributed by atoms with E-state index in [-0.39, 0.29) is 57.8 Å². The Kier molecular flexibility index (Phi) is 16.2. The van der Waals surface area contributed by atoms with Crippen LogP contribution in [0.3, 0.4) is 0 Å². The number of hydrogen-bond acceptors (Lipinski definition) is 9. The van der Waals surface area contributed by atoms with Gasteiger partial charge in [-0.05, 0) is 36.0 Å². The molecule has 3 aromatic carbocycles. The molecule has 2 heterocycles. The van der Waals surface area contributed by atoms with Gasteiger partial charge in [-0.25, -0.2) is 0 Å². The first-order chi connectivity index (χ1) is 28.1. The maximum Gasteiger partial charge on any atom is 0.246 e. The summed E-state index contributed by atoms with van der Waals surface area (Å²) in [4.78, 5) is 94.5. The summed E-state index contributed by atoms with van der Waals surface area (Å²) < 4.78 is 5.33. The predicted octanol–water partition coefficient (Wildman–Crippen LogP) is 0.695. The monoisotopic (exact) mass is 793 g/mol. The highest BCUT2D eigenvalue weighted by Crippen LogP contribution is 2.19. The number of amides is 6. The van der Waals surface area contributed by atoms with Crippen molar-refractivity contribution in [2.75, 3.05) is 45.9 Å². The second-order valence-corrected chi connectivity index (χ2v) is 14.2. The topological polar surface area (TPSA) is 218 Å². The summed E-state index contributed by atoms with van der Waals surface area (Å²) in [6.45, 7) is 1.62. The third-order valence-electron chi connectivity index (χ3n) is 9.92. The smallest absolute Gasteiger partial charge is 0.246 e. The molecule has 2 bridgehead atoms. The van der Waals surface area contributed by atoms with Crippen molar-refractivity contribution < 1.29 is 38.3 Å². The molecule has 0 aromatic heterocycles. The summed E-state index contributed by atoms with van der Waals surface area (Å²) in [5.74, 6) is -3.55. The summed E-state index contributed by atoms with van der Waals surface area (Å²) in [6.07, 6.45) is 3.32. The Bertz CT molecular complexity index is 1950. The minimum Gasteiger partial charge on any atom is -0.378 e. The lowest BCUT2D eigenvalue weighted by atomic mass is 9.95. The molecule has 1 saturated heterocycles. The predicted molar refractivity (Wildman–Crippen MR) is 215 cm³/mol. The van der Waals surface area contributed by atoms with Gasteiger partial charge < -0.3 is 42.0 Å². The van der Waals surface area contributed by atoms with Gasteiger partial charge in [0.05, 0.1) is 25.6 Å². The summed E-state index contributed by atoms with van der Waals surface area (Å²) >= 11 is 0. The van der Waals surface area contributed by atoms with E-state index in [0.29, 0.717) is 60.4 Å². The van der Waals surface area contributed by atoms with E-state index in [1.54, 1.807) is 72.8 Å². The number of ketones is 1. The maximum atomic E-state index is 13.9. The van der Waals surface area contributed by atoms with Crippen LogP contribution < -0.4 is 32.3 Å². The number of nitrogens with one attached hydrogen (secondary N) is 5. The summed E-state index contributed by atoms with van der Waals surface area (Å²) in [5, 5.41) is 14.0. The molecule has 3 aromatic rings. The standard InChI is InChI=1S/C43H51N7O8/c44-19-23-58-24-21-46-42(56)35-18-20-45-37(51)16-17-39(53)50-22-6-11-34(28-50)41(55)49-36(43(57)47-27-33-10-5-4-9-32(33)26-38(52)48-35)25-29-12-14-31(15-13-29)40(54)30-7-2-1-3-8-30/h1-5,7-10,12-17,34-36H,6,11,18-28,44H2,(H,45,51)(H,46,56)(H,47,57)(H,48,52)(H,49,55)/b17-16+/t34-,35+,36+/m1/s1. The van der Waals surface area contributed by atoms with Crippen molar-refractivity contribution in [1.82, 2.24) is 31.5 Å². The van der Waals surface area contributed by atoms with E-state index in [0.717, 1.165) is 12.2 Å². The number of carbonyl (C=O) groups is 7. The lowest BCUT2D eigenvalue weighted by Crippen LogP contribution is -2.52. The quantitative estimate of drug-likeness (QED) is 0.126. The van der Waals surface area contributed by atoms with Crippen molar-refractivity contribution in [1.29, 1.82) is 0 Å². The molecule has 5 rings (SSSR count). The second kappa shape index (κ2) is 21.9. The molecular weight excluding hydrogens is 743 g/mol. The van der Waals surface area contributed by atoms with Crippen LogP contribution in [0.15, 0.2) is 91.0 Å². The van der Waals surface area contributed by atoms with Gasteiger partial charge in [0.15, 0.2) is 5.78 Å². The van der Waals surface area contributed by atoms with E-state index < -0.39 is 53.4 Å². The molecule has 0 unspecified atom stereocenters. The highest BCUT2D eigenvalue weighted by atomic mass is 16.5. The molecule has 306 valence electrons. The van der Waals surface area contributed by atoms with Crippen molar-refractivity contribution in [2.45, 2.75) is 50.7 Å². The van der Waals surface area contributed by atoms with Crippen LogP contribution in [0.5, 0.6) is 0 Å². The van der Waals surface area contributed by atoms with E-state index in [1.165, 1.54) is 4.90 Å². The number of hydrogen-bond donors (Lipinski definition) is 6. The molecule has 0 aliphatic carbocycles. The zero-order valence-corrected chi connectivity index (χ0v) is 32.4. The molecule has 3 atom stereocenters.